The molecule has 2 rings (SSSR count). The molecule has 2 heterocycles. The summed E-state index contributed by atoms with van der Waals surface area (Å²) in [6.07, 6.45) is 2.13. The minimum Gasteiger partial charge on any atom is -0.313 e. The summed E-state index contributed by atoms with van der Waals surface area (Å²) in [5.41, 5.74) is 1.09. The zero-order chi connectivity index (χ0) is 12.5. The van der Waals surface area contributed by atoms with Crippen LogP contribution in [0.15, 0.2) is 4.90 Å². The van der Waals surface area contributed by atoms with Gasteiger partial charge in [-0.3, -0.25) is 5.10 Å². The molecule has 0 unspecified atom stereocenters. The molecular weight excluding hydrogens is 276 g/mol. The molecular formula is C10H19ClN4O2S. The number of nitrogens with zero attached hydrogens (tertiary/aromatic N) is 1. The maximum Gasteiger partial charge on any atom is 0.244 e. The molecule has 0 saturated carbocycles. The van der Waals surface area contributed by atoms with Crippen LogP contribution in [0, 0.1) is 13.8 Å². The van der Waals surface area contributed by atoms with Gasteiger partial charge in [0.25, 0.3) is 0 Å². The maximum atomic E-state index is 12.1. The quantitative estimate of drug-likeness (QED) is 0.754. The van der Waals surface area contributed by atoms with Crippen molar-refractivity contribution in [3.05, 3.63) is 11.4 Å². The van der Waals surface area contributed by atoms with Crippen LogP contribution in [0.1, 0.15) is 24.2 Å². The van der Waals surface area contributed by atoms with E-state index >= 15 is 0 Å². The van der Waals surface area contributed by atoms with E-state index in [1.165, 1.54) is 0 Å². The molecule has 6 nitrogen and oxygen atoms in total. The van der Waals surface area contributed by atoms with E-state index in [1.54, 1.807) is 13.8 Å². The minimum absolute atomic E-state index is 0. The fourth-order valence-electron chi connectivity index (χ4n) is 2.15. The van der Waals surface area contributed by atoms with Crippen molar-refractivity contribution in [2.24, 2.45) is 0 Å². The second-order valence-corrected chi connectivity index (χ2v) is 6.11. The molecule has 3 N–H and O–H groups in total. The van der Waals surface area contributed by atoms with Gasteiger partial charge in [0, 0.05) is 12.6 Å². The Morgan fingerprint density at radius 1 is 1.44 bits per heavy atom. The molecule has 1 aliphatic rings. The highest BCUT2D eigenvalue weighted by Gasteiger charge is 2.24. The largest absolute Gasteiger partial charge is 0.313 e. The normalized spacial score (nSPS) is 19.8. The van der Waals surface area contributed by atoms with Gasteiger partial charge in [-0.2, -0.15) is 5.10 Å². The third-order valence-corrected chi connectivity index (χ3v) is 4.70. The Morgan fingerprint density at radius 3 is 2.67 bits per heavy atom. The summed E-state index contributed by atoms with van der Waals surface area (Å²) < 4.78 is 26.8. The van der Waals surface area contributed by atoms with E-state index in [4.69, 9.17) is 0 Å². The highest BCUT2D eigenvalue weighted by atomic mass is 35.5. The second kappa shape index (κ2) is 6.01. The molecule has 8 heteroatoms. The number of sulfonamides is 1. The fourth-order valence-corrected chi connectivity index (χ4v) is 3.60. The molecule has 0 radical (unpaired) electrons. The van der Waals surface area contributed by atoms with Gasteiger partial charge in [0.1, 0.15) is 4.90 Å². The van der Waals surface area contributed by atoms with Gasteiger partial charge in [-0.15, -0.1) is 12.4 Å². The van der Waals surface area contributed by atoms with Gasteiger partial charge in [-0.25, -0.2) is 13.1 Å². The van der Waals surface area contributed by atoms with E-state index in [9.17, 15) is 8.42 Å². The van der Waals surface area contributed by atoms with Crippen molar-refractivity contribution in [2.75, 3.05) is 13.1 Å². The predicted octanol–water partition coefficient (Wildman–Crippen LogP) is 0.479. The molecule has 1 aromatic rings. The molecule has 0 amide bonds. The average molecular weight is 295 g/mol. The van der Waals surface area contributed by atoms with E-state index in [-0.39, 0.29) is 23.3 Å². The molecule has 0 aromatic carbocycles. The Morgan fingerprint density at radius 2 is 2.17 bits per heavy atom. The van der Waals surface area contributed by atoms with Gasteiger partial charge < -0.3 is 5.32 Å². The molecule has 0 spiro atoms. The van der Waals surface area contributed by atoms with Crippen LogP contribution in [0.3, 0.4) is 0 Å². The van der Waals surface area contributed by atoms with E-state index in [2.05, 4.69) is 20.2 Å². The first-order valence-corrected chi connectivity index (χ1v) is 7.23. The Hall–Kier alpha value is -0.630. The molecule has 0 bridgehead atoms. The second-order valence-electron chi connectivity index (χ2n) is 4.41. The molecule has 1 aliphatic heterocycles. The van der Waals surface area contributed by atoms with E-state index in [1.807, 2.05) is 0 Å². The van der Waals surface area contributed by atoms with Crippen LogP contribution >= 0.6 is 12.4 Å². The van der Waals surface area contributed by atoms with E-state index in [0.29, 0.717) is 17.9 Å². The topological polar surface area (TPSA) is 86.9 Å². The smallest absolute Gasteiger partial charge is 0.244 e. The van der Waals surface area contributed by atoms with Gasteiger partial charge in [0.2, 0.25) is 10.0 Å². The van der Waals surface area contributed by atoms with E-state index in [0.717, 1.165) is 19.4 Å². The molecule has 0 aliphatic carbocycles. The predicted molar refractivity (Wildman–Crippen MR) is 71.5 cm³/mol. The molecule has 1 atom stereocenters. The van der Waals surface area contributed by atoms with Crippen molar-refractivity contribution >= 4 is 22.4 Å². The molecule has 1 saturated heterocycles. The van der Waals surface area contributed by atoms with Gasteiger partial charge in [-0.05, 0) is 33.2 Å². The summed E-state index contributed by atoms with van der Waals surface area (Å²) in [4.78, 5) is 0.274. The number of H-pyrrole nitrogens is 1. The van der Waals surface area contributed by atoms with Gasteiger partial charge in [0.15, 0.2) is 0 Å². The first kappa shape index (κ1) is 15.4. The van der Waals surface area contributed by atoms with Crippen LogP contribution < -0.4 is 10.0 Å². The average Bonchev–Trinajstić information content (AvgIpc) is 2.86. The molecule has 1 aromatic heterocycles. The summed E-state index contributed by atoms with van der Waals surface area (Å²) in [7, 11) is -3.45. The third kappa shape index (κ3) is 3.23. The summed E-state index contributed by atoms with van der Waals surface area (Å²) in [5, 5.41) is 9.84. The zero-order valence-corrected chi connectivity index (χ0v) is 12.1. The van der Waals surface area contributed by atoms with Gasteiger partial charge in [-0.1, -0.05) is 0 Å². The lowest BCUT2D eigenvalue weighted by molar-refractivity contribution is 0.551. The lowest BCUT2D eigenvalue weighted by Gasteiger charge is -2.12. The van der Waals surface area contributed by atoms with Crippen LogP contribution in [0.5, 0.6) is 0 Å². The zero-order valence-electron chi connectivity index (χ0n) is 10.5. The number of hydrogen-bond acceptors (Lipinski definition) is 4. The van der Waals surface area contributed by atoms with Crippen LogP contribution in [0.25, 0.3) is 0 Å². The minimum atomic E-state index is -3.45. The van der Waals surface area contributed by atoms with E-state index < -0.39 is 10.0 Å². The van der Waals surface area contributed by atoms with Crippen molar-refractivity contribution < 1.29 is 8.42 Å². The summed E-state index contributed by atoms with van der Waals surface area (Å²) in [6.45, 7) is 4.80. The van der Waals surface area contributed by atoms with Crippen LogP contribution in [-0.2, 0) is 10.0 Å². The molecule has 104 valence electrons. The summed E-state index contributed by atoms with van der Waals surface area (Å²) in [5.74, 6) is 0. The number of nitrogens with one attached hydrogen (secondary N) is 3. The Bertz CT molecular complexity index is 474. The number of aromatic amines is 1. The number of rotatable bonds is 4. The Kier molecular flexibility index (Phi) is 5.15. The van der Waals surface area contributed by atoms with Gasteiger partial charge >= 0.3 is 0 Å². The highest BCUT2D eigenvalue weighted by Crippen LogP contribution is 2.16. The van der Waals surface area contributed by atoms with Crippen molar-refractivity contribution in [2.45, 2.75) is 37.6 Å². The van der Waals surface area contributed by atoms with Crippen molar-refractivity contribution in [3.63, 3.8) is 0 Å². The van der Waals surface area contributed by atoms with Crippen LogP contribution in [-0.4, -0.2) is 37.7 Å². The summed E-state index contributed by atoms with van der Waals surface area (Å²) >= 11 is 0. The molecule has 1 fully saturated rings. The SMILES string of the molecule is Cc1n[nH]c(C)c1S(=O)(=O)NC[C@@H]1CCCN1.Cl. The number of aromatic nitrogens is 2. The van der Waals surface area contributed by atoms with Crippen LogP contribution in [0.2, 0.25) is 0 Å². The monoisotopic (exact) mass is 294 g/mol. The molecule has 18 heavy (non-hydrogen) atoms. The number of hydrogen-bond donors (Lipinski definition) is 3. The number of halogens is 1. The lowest BCUT2D eigenvalue weighted by atomic mass is 10.2. The summed E-state index contributed by atoms with van der Waals surface area (Å²) in [6, 6.07) is 0.247. The first-order chi connectivity index (χ1) is 8.00. The lowest BCUT2D eigenvalue weighted by Crippen LogP contribution is -2.37. The van der Waals surface area contributed by atoms with Gasteiger partial charge in [0.05, 0.1) is 11.4 Å². The van der Waals surface area contributed by atoms with Crippen molar-refractivity contribution in [3.8, 4) is 0 Å². The first-order valence-electron chi connectivity index (χ1n) is 5.75. The Balaban J connectivity index is 0.00000162. The van der Waals surface area contributed by atoms with Crippen LogP contribution in [0.4, 0.5) is 0 Å². The highest BCUT2D eigenvalue weighted by molar-refractivity contribution is 7.89. The standard InChI is InChI=1S/C10H18N4O2S.ClH/c1-7-10(8(2)14-13-7)17(15,16)12-6-9-4-3-5-11-9;/h9,11-12H,3-6H2,1-2H3,(H,13,14);1H/t9-;/m0./s1. The number of aryl methyl sites for hydroxylation is 2. The van der Waals surface area contributed by atoms with Crippen molar-refractivity contribution in [1.29, 1.82) is 0 Å². The Labute approximate surface area is 113 Å². The fraction of sp³-hybridized carbons (Fsp3) is 0.700. The maximum absolute atomic E-state index is 12.1. The third-order valence-electron chi connectivity index (χ3n) is 3.01. The van der Waals surface area contributed by atoms with Crippen molar-refractivity contribution in [1.82, 2.24) is 20.2 Å².